The maximum Gasteiger partial charge on any atom is 0.326 e. The standard InChI is InChI=1S/C28H53N11O8/c1-4-15(2)22(39-23(42)16(3)35-24(43)17(8-5-6-12-29)36-21(41)14-30)26(45)37-18(10-11-20(31)40)25(44)38-19(27(46)47)9-7-13-34-28(32)33/h15-19,22H,4-14,29-30H2,1-3H3,(H2,31,40)(H,35,43)(H,36,41)(H,37,45)(H,38,44)(H,39,42)(H,46,47)(H4,32,33,34)/t15-,16-,17-,18-,19-,22-/m0/s1. The number of unbranched alkanes of at least 4 members (excludes halogenated alkanes) is 1. The number of guanidine groups is 1. The van der Waals surface area contributed by atoms with E-state index in [1.54, 1.807) is 13.8 Å². The molecule has 0 saturated heterocycles. The number of aliphatic imine (C=N–C) groups is 1. The monoisotopic (exact) mass is 671 g/mol. The van der Waals surface area contributed by atoms with E-state index in [0.717, 1.165) is 0 Å². The molecule has 47 heavy (non-hydrogen) atoms. The average molecular weight is 672 g/mol. The summed E-state index contributed by atoms with van der Waals surface area (Å²) in [6.07, 6.45) is 1.45. The summed E-state index contributed by atoms with van der Waals surface area (Å²) in [6.45, 7) is 5.02. The molecule has 16 N–H and O–H groups in total. The van der Waals surface area contributed by atoms with Gasteiger partial charge in [0.2, 0.25) is 35.4 Å². The van der Waals surface area contributed by atoms with Crippen LogP contribution in [-0.4, -0.2) is 102 Å². The van der Waals surface area contributed by atoms with Crippen LogP contribution in [0, 0.1) is 5.92 Å². The molecule has 0 spiro atoms. The lowest BCUT2D eigenvalue weighted by Crippen LogP contribution is -2.59. The number of carboxylic acids is 1. The van der Waals surface area contributed by atoms with Crippen LogP contribution in [0.3, 0.4) is 0 Å². The van der Waals surface area contributed by atoms with Gasteiger partial charge < -0.3 is 60.4 Å². The van der Waals surface area contributed by atoms with E-state index in [1.807, 2.05) is 0 Å². The minimum atomic E-state index is -1.38. The minimum absolute atomic E-state index is 0.0344. The topological polar surface area (TPSA) is 342 Å². The van der Waals surface area contributed by atoms with Gasteiger partial charge in [0.25, 0.3) is 0 Å². The molecule has 6 amide bonds. The van der Waals surface area contributed by atoms with E-state index in [4.69, 9.17) is 28.7 Å². The molecule has 0 aliphatic rings. The summed E-state index contributed by atoms with van der Waals surface area (Å²) < 4.78 is 0. The molecule has 0 aliphatic carbocycles. The SMILES string of the molecule is CC[C@H](C)[C@H](NC(=O)[C@H](C)NC(=O)[C@H](CCCCN)NC(=O)CN)C(=O)N[C@@H](CCC(N)=O)C(=O)N[C@@H](CCCN=C(N)N)C(=O)O. The van der Waals surface area contributed by atoms with Crippen molar-refractivity contribution in [2.24, 2.45) is 39.6 Å². The number of carboxylic acid groups (broad SMARTS) is 1. The van der Waals surface area contributed by atoms with Gasteiger partial charge in [0, 0.05) is 13.0 Å². The third kappa shape index (κ3) is 17.7. The number of carbonyl (C=O) groups excluding carboxylic acids is 6. The number of nitrogens with zero attached hydrogens (tertiary/aromatic N) is 1. The summed E-state index contributed by atoms with van der Waals surface area (Å²) in [4.78, 5) is 91.5. The van der Waals surface area contributed by atoms with Crippen molar-refractivity contribution in [1.29, 1.82) is 0 Å². The van der Waals surface area contributed by atoms with Crippen LogP contribution in [0.5, 0.6) is 0 Å². The highest BCUT2D eigenvalue weighted by atomic mass is 16.4. The molecule has 0 fully saturated rings. The molecule has 0 saturated carbocycles. The van der Waals surface area contributed by atoms with E-state index in [0.29, 0.717) is 25.8 Å². The van der Waals surface area contributed by atoms with Gasteiger partial charge in [-0.1, -0.05) is 20.3 Å². The van der Waals surface area contributed by atoms with Crippen molar-refractivity contribution in [3.05, 3.63) is 0 Å². The Morgan fingerprint density at radius 1 is 0.702 bits per heavy atom. The van der Waals surface area contributed by atoms with E-state index in [2.05, 4.69) is 31.6 Å². The number of nitrogens with two attached hydrogens (primary N) is 5. The number of aliphatic carboxylic acids is 1. The molecule has 0 rings (SSSR count). The number of rotatable bonds is 24. The van der Waals surface area contributed by atoms with Crippen LogP contribution < -0.4 is 55.3 Å². The molecule has 0 aromatic carbocycles. The van der Waals surface area contributed by atoms with E-state index >= 15 is 0 Å². The molecular formula is C28H53N11O8. The molecule has 0 aromatic rings. The number of hydrogen-bond acceptors (Lipinski definition) is 10. The van der Waals surface area contributed by atoms with Gasteiger partial charge in [0.05, 0.1) is 6.54 Å². The van der Waals surface area contributed by atoms with Gasteiger partial charge in [-0.15, -0.1) is 0 Å². The molecule has 19 nitrogen and oxygen atoms in total. The van der Waals surface area contributed by atoms with Crippen LogP contribution in [0.2, 0.25) is 0 Å². The van der Waals surface area contributed by atoms with Gasteiger partial charge in [-0.2, -0.15) is 0 Å². The zero-order valence-corrected chi connectivity index (χ0v) is 27.4. The van der Waals surface area contributed by atoms with E-state index in [-0.39, 0.29) is 51.2 Å². The van der Waals surface area contributed by atoms with Crippen molar-refractivity contribution in [2.45, 2.75) is 102 Å². The van der Waals surface area contributed by atoms with Crippen LogP contribution in [0.4, 0.5) is 0 Å². The van der Waals surface area contributed by atoms with Crippen molar-refractivity contribution in [1.82, 2.24) is 26.6 Å². The summed E-state index contributed by atoms with van der Waals surface area (Å²) in [7, 11) is 0. The predicted molar refractivity (Wildman–Crippen MR) is 173 cm³/mol. The zero-order valence-electron chi connectivity index (χ0n) is 27.4. The molecule has 0 bridgehead atoms. The first-order valence-electron chi connectivity index (χ1n) is 15.5. The average Bonchev–Trinajstić information content (AvgIpc) is 3.01. The maximum absolute atomic E-state index is 13.5. The Hall–Kier alpha value is -4.52. The number of carbonyl (C=O) groups is 7. The molecular weight excluding hydrogens is 618 g/mol. The second kappa shape index (κ2) is 22.9. The Balaban J connectivity index is 5.77. The molecule has 268 valence electrons. The van der Waals surface area contributed by atoms with E-state index in [1.165, 1.54) is 6.92 Å². The number of nitrogens with one attached hydrogen (secondary N) is 5. The smallest absolute Gasteiger partial charge is 0.326 e. The van der Waals surface area contributed by atoms with E-state index in [9.17, 15) is 38.7 Å². The first kappa shape index (κ1) is 42.5. The fourth-order valence-electron chi connectivity index (χ4n) is 4.22. The molecule has 0 aliphatic heterocycles. The van der Waals surface area contributed by atoms with Gasteiger partial charge in [-0.3, -0.25) is 33.8 Å². The quantitative estimate of drug-likeness (QED) is 0.0265. The zero-order chi connectivity index (χ0) is 36.1. The van der Waals surface area contributed by atoms with Crippen molar-refractivity contribution in [3.8, 4) is 0 Å². The van der Waals surface area contributed by atoms with Crippen molar-refractivity contribution in [3.63, 3.8) is 0 Å². The van der Waals surface area contributed by atoms with Crippen LogP contribution in [-0.2, 0) is 33.6 Å². The number of primary amides is 1. The highest BCUT2D eigenvalue weighted by Crippen LogP contribution is 2.11. The minimum Gasteiger partial charge on any atom is -0.480 e. The summed E-state index contributed by atoms with van der Waals surface area (Å²) in [5, 5.41) is 22.1. The lowest BCUT2D eigenvalue weighted by molar-refractivity contribution is -0.142. The Labute approximate surface area is 274 Å². The normalized spacial score (nSPS) is 14.6. The third-order valence-electron chi connectivity index (χ3n) is 7.20. The summed E-state index contributed by atoms with van der Waals surface area (Å²) in [5.74, 6) is -6.32. The van der Waals surface area contributed by atoms with Gasteiger partial charge in [-0.05, 0) is 57.9 Å². The second-order valence-corrected chi connectivity index (χ2v) is 11.1. The second-order valence-electron chi connectivity index (χ2n) is 11.1. The Bertz CT molecular complexity index is 1100. The highest BCUT2D eigenvalue weighted by Gasteiger charge is 2.33. The molecule has 19 heteroatoms. The molecule has 0 aromatic heterocycles. The van der Waals surface area contributed by atoms with Crippen LogP contribution >= 0.6 is 0 Å². The predicted octanol–water partition coefficient (Wildman–Crippen LogP) is -4.03. The lowest BCUT2D eigenvalue weighted by Gasteiger charge is -2.28. The molecule has 6 atom stereocenters. The number of amides is 6. The van der Waals surface area contributed by atoms with Crippen LogP contribution in [0.1, 0.15) is 72.1 Å². The first-order valence-corrected chi connectivity index (χ1v) is 15.5. The van der Waals surface area contributed by atoms with Crippen LogP contribution in [0.25, 0.3) is 0 Å². The maximum atomic E-state index is 13.5. The molecule has 0 heterocycles. The fraction of sp³-hybridized carbons (Fsp3) is 0.714. The largest absolute Gasteiger partial charge is 0.480 e. The number of hydrogen-bond donors (Lipinski definition) is 11. The lowest BCUT2D eigenvalue weighted by atomic mass is 9.97. The van der Waals surface area contributed by atoms with Crippen molar-refractivity contribution >= 4 is 47.4 Å². The van der Waals surface area contributed by atoms with Gasteiger partial charge in [0.1, 0.15) is 30.2 Å². The highest BCUT2D eigenvalue weighted by molar-refractivity contribution is 5.96. The van der Waals surface area contributed by atoms with Crippen LogP contribution in [0.15, 0.2) is 4.99 Å². The van der Waals surface area contributed by atoms with Crippen molar-refractivity contribution in [2.75, 3.05) is 19.6 Å². The first-order chi connectivity index (χ1) is 22.1. The summed E-state index contributed by atoms with van der Waals surface area (Å²) >= 11 is 0. The third-order valence-corrected chi connectivity index (χ3v) is 7.20. The van der Waals surface area contributed by atoms with E-state index < -0.39 is 77.5 Å². The van der Waals surface area contributed by atoms with Gasteiger partial charge in [0.15, 0.2) is 5.96 Å². The molecule has 0 radical (unpaired) electrons. The van der Waals surface area contributed by atoms with Crippen molar-refractivity contribution < 1.29 is 38.7 Å². The summed E-state index contributed by atoms with van der Waals surface area (Å²) in [6, 6.07) is -6.03. The van der Waals surface area contributed by atoms with Gasteiger partial charge in [-0.25, -0.2) is 4.79 Å². The Kier molecular flexibility index (Phi) is 20.7. The Morgan fingerprint density at radius 2 is 1.28 bits per heavy atom. The van der Waals surface area contributed by atoms with Gasteiger partial charge >= 0.3 is 5.97 Å². The fourth-order valence-corrected chi connectivity index (χ4v) is 4.22. The Morgan fingerprint density at radius 3 is 1.81 bits per heavy atom. The summed E-state index contributed by atoms with van der Waals surface area (Å²) in [5.41, 5.74) is 26.7. The molecule has 0 unspecified atom stereocenters.